The summed E-state index contributed by atoms with van der Waals surface area (Å²) < 4.78 is 32.2. The van der Waals surface area contributed by atoms with Crippen molar-refractivity contribution in [3.8, 4) is 0 Å². The fraction of sp³-hybridized carbons (Fsp3) is 0.154. The molecule has 0 saturated heterocycles. The van der Waals surface area contributed by atoms with Crippen molar-refractivity contribution in [1.82, 2.24) is 0 Å². The fourth-order valence-electron chi connectivity index (χ4n) is 1.54. The quantitative estimate of drug-likeness (QED) is 0.748. The van der Waals surface area contributed by atoms with Gasteiger partial charge in [-0.1, -0.05) is 6.07 Å². The molecule has 1 heterocycles. The van der Waals surface area contributed by atoms with E-state index in [1.54, 1.807) is 13.0 Å². The Morgan fingerprint density at radius 3 is 2.41 bits per heavy atom. The molecule has 88 valence electrons. The smallest absolute Gasteiger partial charge is 0.234 e. The summed E-state index contributed by atoms with van der Waals surface area (Å²) in [5, 5.41) is 0. The first-order valence-corrected chi connectivity index (χ1v) is 5.06. The van der Waals surface area contributed by atoms with E-state index in [0.29, 0.717) is 5.76 Å². The molecule has 0 aliphatic rings. The highest BCUT2D eigenvalue weighted by atomic mass is 19.1. The van der Waals surface area contributed by atoms with E-state index in [4.69, 9.17) is 4.42 Å². The fourth-order valence-corrected chi connectivity index (χ4v) is 1.54. The van der Waals surface area contributed by atoms with Crippen LogP contribution in [0.3, 0.4) is 0 Å². The first-order chi connectivity index (χ1) is 8.00. The molecule has 0 N–H and O–H groups in total. The standard InChI is InChI=1S/C13H10F2O2/c1-7-3-5-9(14)11(12(7)15)13(16)10-6-4-8(2)17-10/h3-6H,1-2H3. The van der Waals surface area contributed by atoms with Crippen molar-refractivity contribution >= 4 is 5.78 Å². The van der Waals surface area contributed by atoms with Crippen LogP contribution in [0.15, 0.2) is 28.7 Å². The lowest BCUT2D eigenvalue weighted by atomic mass is 10.0. The molecule has 0 unspecified atom stereocenters. The summed E-state index contributed by atoms with van der Waals surface area (Å²) in [5.74, 6) is -2.05. The van der Waals surface area contributed by atoms with Crippen LogP contribution in [0.1, 0.15) is 27.4 Å². The second-order valence-corrected chi connectivity index (χ2v) is 3.79. The zero-order valence-corrected chi connectivity index (χ0v) is 9.38. The highest BCUT2D eigenvalue weighted by Crippen LogP contribution is 2.21. The summed E-state index contributed by atoms with van der Waals surface area (Å²) in [7, 11) is 0. The number of benzene rings is 1. The Morgan fingerprint density at radius 1 is 1.12 bits per heavy atom. The third-order valence-corrected chi connectivity index (χ3v) is 2.48. The maximum Gasteiger partial charge on any atom is 0.234 e. The molecule has 1 aromatic carbocycles. The van der Waals surface area contributed by atoms with Gasteiger partial charge in [-0.3, -0.25) is 4.79 Å². The molecule has 0 radical (unpaired) electrons. The zero-order chi connectivity index (χ0) is 12.6. The third-order valence-electron chi connectivity index (χ3n) is 2.48. The van der Waals surface area contributed by atoms with Crippen LogP contribution in [0, 0.1) is 25.5 Å². The molecule has 4 heteroatoms. The van der Waals surface area contributed by atoms with Crippen LogP contribution in [0.2, 0.25) is 0 Å². The van der Waals surface area contributed by atoms with E-state index in [-0.39, 0.29) is 11.3 Å². The van der Waals surface area contributed by atoms with E-state index in [0.717, 1.165) is 6.07 Å². The summed E-state index contributed by atoms with van der Waals surface area (Å²) in [4.78, 5) is 11.9. The highest BCUT2D eigenvalue weighted by molar-refractivity contribution is 6.07. The van der Waals surface area contributed by atoms with Crippen molar-refractivity contribution in [2.24, 2.45) is 0 Å². The lowest BCUT2D eigenvalue weighted by Gasteiger charge is -2.04. The predicted molar refractivity (Wildman–Crippen MR) is 58.0 cm³/mol. The Labute approximate surface area is 96.9 Å². The van der Waals surface area contributed by atoms with Crippen LogP contribution in [0.25, 0.3) is 0 Å². The molecular weight excluding hydrogens is 226 g/mol. The molecule has 17 heavy (non-hydrogen) atoms. The van der Waals surface area contributed by atoms with Crippen LogP contribution in [-0.2, 0) is 0 Å². The number of carbonyl (C=O) groups excluding carboxylic acids is 1. The van der Waals surface area contributed by atoms with Gasteiger partial charge in [0.05, 0.1) is 5.56 Å². The van der Waals surface area contributed by atoms with Crippen molar-refractivity contribution < 1.29 is 18.0 Å². The molecule has 1 aromatic heterocycles. The minimum atomic E-state index is -0.882. The number of hydrogen-bond donors (Lipinski definition) is 0. The maximum atomic E-state index is 13.7. The van der Waals surface area contributed by atoms with E-state index < -0.39 is 23.0 Å². The van der Waals surface area contributed by atoms with Crippen LogP contribution in [0.4, 0.5) is 8.78 Å². The van der Waals surface area contributed by atoms with Crippen molar-refractivity contribution in [3.63, 3.8) is 0 Å². The van der Waals surface area contributed by atoms with Gasteiger partial charge in [-0.15, -0.1) is 0 Å². The van der Waals surface area contributed by atoms with Crippen molar-refractivity contribution in [1.29, 1.82) is 0 Å². The van der Waals surface area contributed by atoms with Crippen molar-refractivity contribution in [2.75, 3.05) is 0 Å². The number of halogens is 2. The SMILES string of the molecule is Cc1ccc(C(=O)c2c(F)ccc(C)c2F)o1. The van der Waals surface area contributed by atoms with E-state index >= 15 is 0 Å². The molecule has 2 rings (SSSR count). The van der Waals surface area contributed by atoms with Gasteiger partial charge in [0.25, 0.3) is 0 Å². The summed E-state index contributed by atoms with van der Waals surface area (Å²) in [6, 6.07) is 5.33. The average molecular weight is 236 g/mol. The molecule has 2 nitrogen and oxygen atoms in total. The predicted octanol–water partition coefficient (Wildman–Crippen LogP) is 3.41. The topological polar surface area (TPSA) is 30.2 Å². The second kappa shape index (κ2) is 4.13. The molecule has 0 aliphatic carbocycles. The number of ketones is 1. The van der Waals surface area contributed by atoms with E-state index in [1.807, 2.05) is 0 Å². The number of aryl methyl sites for hydroxylation is 2. The van der Waals surface area contributed by atoms with Gasteiger partial charge in [0.15, 0.2) is 5.76 Å². The molecule has 0 fully saturated rings. The minimum Gasteiger partial charge on any atom is -0.458 e. The summed E-state index contributed by atoms with van der Waals surface area (Å²) in [6.07, 6.45) is 0. The summed E-state index contributed by atoms with van der Waals surface area (Å²) >= 11 is 0. The Bertz CT molecular complexity index is 585. The van der Waals surface area contributed by atoms with Crippen LogP contribution >= 0.6 is 0 Å². The molecule has 0 bridgehead atoms. The number of carbonyl (C=O) groups is 1. The highest BCUT2D eigenvalue weighted by Gasteiger charge is 2.22. The zero-order valence-electron chi connectivity index (χ0n) is 9.38. The first-order valence-electron chi connectivity index (χ1n) is 5.06. The van der Waals surface area contributed by atoms with Gasteiger partial charge < -0.3 is 4.42 Å². The number of furan rings is 1. The molecule has 2 aromatic rings. The lowest BCUT2D eigenvalue weighted by Crippen LogP contribution is -2.07. The largest absolute Gasteiger partial charge is 0.458 e. The van der Waals surface area contributed by atoms with Gasteiger partial charge in [0, 0.05) is 0 Å². The Balaban J connectivity index is 2.54. The van der Waals surface area contributed by atoms with E-state index in [1.165, 1.54) is 19.1 Å². The lowest BCUT2D eigenvalue weighted by molar-refractivity contribution is 0.0999. The first kappa shape index (κ1) is 11.5. The van der Waals surface area contributed by atoms with Crippen LogP contribution in [0.5, 0.6) is 0 Å². The molecule has 0 atom stereocenters. The number of rotatable bonds is 2. The van der Waals surface area contributed by atoms with E-state index in [9.17, 15) is 13.6 Å². The van der Waals surface area contributed by atoms with Gasteiger partial charge in [-0.05, 0) is 37.6 Å². The van der Waals surface area contributed by atoms with Crippen LogP contribution < -0.4 is 0 Å². The maximum absolute atomic E-state index is 13.7. The molecule has 0 saturated carbocycles. The summed E-state index contributed by atoms with van der Waals surface area (Å²) in [6.45, 7) is 3.12. The Hall–Kier alpha value is -1.97. The molecular formula is C13H10F2O2. The van der Waals surface area contributed by atoms with E-state index in [2.05, 4.69) is 0 Å². The van der Waals surface area contributed by atoms with Crippen molar-refractivity contribution in [3.05, 3.63) is 58.5 Å². The molecule has 0 spiro atoms. The average Bonchev–Trinajstić information content (AvgIpc) is 2.71. The third kappa shape index (κ3) is 1.98. The molecule has 0 amide bonds. The Kier molecular flexibility index (Phi) is 2.79. The Morgan fingerprint density at radius 2 is 1.82 bits per heavy atom. The van der Waals surface area contributed by atoms with Crippen molar-refractivity contribution in [2.45, 2.75) is 13.8 Å². The minimum absolute atomic E-state index is 0.0640. The number of hydrogen-bond acceptors (Lipinski definition) is 2. The molecule has 0 aliphatic heterocycles. The summed E-state index contributed by atoms with van der Waals surface area (Å²) in [5.41, 5.74) is -0.350. The van der Waals surface area contributed by atoms with Gasteiger partial charge in [0.1, 0.15) is 17.4 Å². The monoisotopic (exact) mass is 236 g/mol. The van der Waals surface area contributed by atoms with Gasteiger partial charge in [0.2, 0.25) is 5.78 Å². The van der Waals surface area contributed by atoms with Gasteiger partial charge >= 0.3 is 0 Å². The van der Waals surface area contributed by atoms with Crippen LogP contribution in [-0.4, -0.2) is 5.78 Å². The second-order valence-electron chi connectivity index (χ2n) is 3.79. The van der Waals surface area contributed by atoms with Gasteiger partial charge in [-0.2, -0.15) is 0 Å². The van der Waals surface area contributed by atoms with Gasteiger partial charge in [-0.25, -0.2) is 8.78 Å². The normalized spacial score (nSPS) is 10.6.